The molecule has 110 valence electrons. The number of pyridine rings is 1. The molecule has 0 spiro atoms. The van der Waals surface area contributed by atoms with E-state index in [0.29, 0.717) is 11.6 Å². The minimum atomic E-state index is 0.00385. The predicted octanol–water partition coefficient (Wildman–Crippen LogP) is 3.15. The summed E-state index contributed by atoms with van der Waals surface area (Å²) in [6, 6.07) is 9.73. The number of hydrogen-bond donors (Lipinski definition) is 1. The summed E-state index contributed by atoms with van der Waals surface area (Å²) in [5.41, 5.74) is 2.31. The minimum Gasteiger partial charge on any atom is -0.388 e. The van der Waals surface area contributed by atoms with Crippen LogP contribution in [0.3, 0.4) is 0 Å². The van der Waals surface area contributed by atoms with Gasteiger partial charge in [-0.05, 0) is 30.9 Å². The molecule has 0 atom stereocenters. The monoisotopic (exact) mass is 283 g/mol. The lowest BCUT2D eigenvalue weighted by atomic mass is 9.85. The van der Waals surface area contributed by atoms with Gasteiger partial charge in [0.05, 0.1) is 5.52 Å². The number of benzene rings is 1. The van der Waals surface area contributed by atoms with Gasteiger partial charge < -0.3 is 10.2 Å². The van der Waals surface area contributed by atoms with E-state index in [1.807, 2.05) is 44.4 Å². The zero-order chi connectivity index (χ0) is 14.8. The summed E-state index contributed by atoms with van der Waals surface area (Å²) in [5.74, 6) is 0.673. The smallest absolute Gasteiger partial charge is 0.272 e. The first-order chi connectivity index (χ1) is 10.2. The van der Waals surface area contributed by atoms with Crippen LogP contribution in [0.25, 0.3) is 10.9 Å². The topological polar surface area (TPSA) is 45.2 Å². The Kier molecular flexibility index (Phi) is 3.78. The first-order valence-electron chi connectivity index (χ1n) is 7.52. The van der Waals surface area contributed by atoms with E-state index in [1.54, 1.807) is 4.90 Å². The first kappa shape index (κ1) is 13.9. The van der Waals surface area contributed by atoms with Crippen LogP contribution in [0.5, 0.6) is 0 Å². The minimum absolute atomic E-state index is 0.00385. The number of aromatic nitrogens is 1. The van der Waals surface area contributed by atoms with Crippen molar-refractivity contribution in [2.45, 2.75) is 19.3 Å². The Bertz CT molecular complexity index is 664. The van der Waals surface area contributed by atoms with Gasteiger partial charge in [-0.1, -0.05) is 24.6 Å². The molecule has 1 saturated carbocycles. The molecule has 1 fully saturated rings. The standard InChI is InChI=1S/C17H21N3O/c1-18-15-10-16(19-14-9-4-3-8-13(14)15)17(21)20(2)11-12-6-5-7-12/h3-4,8-10,12H,5-7,11H2,1-2H3,(H,18,19). The van der Waals surface area contributed by atoms with Crippen LogP contribution in [0.2, 0.25) is 0 Å². The van der Waals surface area contributed by atoms with E-state index in [9.17, 15) is 4.79 Å². The number of amides is 1. The van der Waals surface area contributed by atoms with Crippen molar-refractivity contribution < 1.29 is 4.79 Å². The lowest BCUT2D eigenvalue weighted by Gasteiger charge is -2.30. The van der Waals surface area contributed by atoms with Crippen molar-refractivity contribution in [3.05, 3.63) is 36.0 Å². The maximum absolute atomic E-state index is 12.6. The highest BCUT2D eigenvalue weighted by molar-refractivity contribution is 5.99. The molecule has 1 N–H and O–H groups in total. The number of hydrogen-bond acceptors (Lipinski definition) is 3. The number of nitrogens with one attached hydrogen (secondary N) is 1. The maximum Gasteiger partial charge on any atom is 0.272 e. The third-order valence-electron chi connectivity index (χ3n) is 4.31. The molecule has 1 aliphatic carbocycles. The van der Waals surface area contributed by atoms with Crippen molar-refractivity contribution in [3.63, 3.8) is 0 Å². The fraction of sp³-hybridized carbons (Fsp3) is 0.412. The molecule has 0 unspecified atom stereocenters. The zero-order valence-corrected chi connectivity index (χ0v) is 12.6. The van der Waals surface area contributed by atoms with Crippen molar-refractivity contribution in [1.82, 2.24) is 9.88 Å². The normalized spacial score (nSPS) is 14.8. The van der Waals surface area contributed by atoms with Crippen molar-refractivity contribution in [2.24, 2.45) is 5.92 Å². The molecule has 1 heterocycles. The number of rotatable bonds is 4. The molecule has 0 saturated heterocycles. The molecule has 4 heteroatoms. The van der Waals surface area contributed by atoms with Gasteiger partial charge in [-0.15, -0.1) is 0 Å². The summed E-state index contributed by atoms with van der Waals surface area (Å²) in [5, 5.41) is 4.20. The summed E-state index contributed by atoms with van der Waals surface area (Å²) in [7, 11) is 3.74. The van der Waals surface area contributed by atoms with Gasteiger partial charge in [-0.3, -0.25) is 4.79 Å². The molecule has 0 aliphatic heterocycles. The second kappa shape index (κ2) is 5.72. The summed E-state index contributed by atoms with van der Waals surface area (Å²) < 4.78 is 0. The van der Waals surface area contributed by atoms with Gasteiger partial charge in [0.2, 0.25) is 0 Å². The largest absolute Gasteiger partial charge is 0.388 e. The molecule has 1 aromatic carbocycles. The number of carbonyl (C=O) groups excluding carboxylic acids is 1. The SMILES string of the molecule is CNc1cc(C(=O)N(C)CC2CCC2)nc2ccccc12. The molecule has 4 nitrogen and oxygen atoms in total. The van der Waals surface area contributed by atoms with E-state index in [1.165, 1.54) is 19.3 Å². The average Bonchev–Trinajstić information content (AvgIpc) is 2.48. The summed E-state index contributed by atoms with van der Waals surface area (Å²) in [6.07, 6.45) is 3.78. The lowest BCUT2D eigenvalue weighted by Crippen LogP contribution is -2.34. The number of nitrogens with zero attached hydrogens (tertiary/aromatic N) is 2. The Morgan fingerprint density at radius 1 is 1.38 bits per heavy atom. The highest BCUT2D eigenvalue weighted by atomic mass is 16.2. The molecule has 1 aliphatic rings. The molecule has 0 bridgehead atoms. The van der Waals surface area contributed by atoms with Gasteiger partial charge in [-0.2, -0.15) is 0 Å². The second-order valence-electron chi connectivity index (χ2n) is 5.80. The van der Waals surface area contributed by atoms with Crippen LogP contribution in [0.15, 0.2) is 30.3 Å². The molecule has 3 rings (SSSR count). The third kappa shape index (κ3) is 2.71. The van der Waals surface area contributed by atoms with Crippen LogP contribution in [-0.2, 0) is 0 Å². The van der Waals surface area contributed by atoms with Crippen LogP contribution in [0, 0.1) is 5.92 Å². The lowest BCUT2D eigenvalue weighted by molar-refractivity contribution is 0.0740. The summed E-state index contributed by atoms with van der Waals surface area (Å²) in [4.78, 5) is 18.9. The molecule has 1 amide bonds. The number of fused-ring (bicyclic) bond motifs is 1. The summed E-state index contributed by atoms with van der Waals surface area (Å²) >= 11 is 0. The molecular formula is C17H21N3O. The Hall–Kier alpha value is -2.10. The van der Waals surface area contributed by atoms with Crippen LogP contribution in [0.4, 0.5) is 5.69 Å². The van der Waals surface area contributed by atoms with E-state index in [2.05, 4.69) is 10.3 Å². The van der Waals surface area contributed by atoms with E-state index < -0.39 is 0 Å². The van der Waals surface area contributed by atoms with Gasteiger partial charge >= 0.3 is 0 Å². The van der Waals surface area contributed by atoms with Crippen molar-refractivity contribution in [2.75, 3.05) is 26.0 Å². The van der Waals surface area contributed by atoms with Gasteiger partial charge in [0, 0.05) is 31.7 Å². The fourth-order valence-corrected chi connectivity index (χ4v) is 2.83. The Morgan fingerprint density at radius 3 is 2.81 bits per heavy atom. The third-order valence-corrected chi connectivity index (χ3v) is 4.31. The average molecular weight is 283 g/mol. The number of anilines is 1. The van der Waals surface area contributed by atoms with Crippen molar-refractivity contribution in [3.8, 4) is 0 Å². The van der Waals surface area contributed by atoms with E-state index >= 15 is 0 Å². The van der Waals surface area contributed by atoms with Gasteiger partial charge in [0.1, 0.15) is 5.69 Å². The second-order valence-corrected chi connectivity index (χ2v) is 5.80. The van der Waals surface area contributed by atoms with Crippen molar-refractivity contribution >= 4 is 22.5 Å². The molecule has 0 radical (unpaired) electrons. The highest BCUT2D eigenvalue weighted by Crippen LogP contribution is 2.28. The van der Waals surface area contributed by atoms with E-state index in [4.69, 9.17) is 0 Å². The van der Waals surface area contributed by atoms with Gasteiger partial charge in [0.15, 0.2) is 0 Å². The van der Waals surface area contributed by atoms with E-state index in [0.717, 1.165) is 23.1 Å². The van der Waals surface area contributed by atoms with E-state index in [-0.39, 0.29) is 5.91 Å². The fourth-order valence-electron chi connectivity index (χ4n) is 2.83. The van der Waals surface area contributed by atoms with Crippen LogP contribution >= 0.6 is 0 Å². The summed E-state index contributed by atoms with van der Waals surface area (Å²) in [6.45, 7) is 0.836. The Balaban J connectivity index is 1.90. The van der Waals surface area contributed by atoms with Gasteiger partial charge in [0.25, 0.3) is 5.91 Å². The maximum atomic E-state index is 12.6. The van der Waals surface area contributed by atoms with Gasteiger partial charge in [-0.25, -0.2) is 4.98 Å². The molecule has 21 heavy (non-hydrogen) atoms. The molecule has 1 aromatic heterocycles. The highest BCUT2D eigenvalue weighted by Gasteiger charge is 2.23. The Labute approximate surface area is 125 Å². The first-order valence-corrected chi connectivity index (χ1v) is 7.52. The molecular weight excluding hydrogens is 262 g/mol. The quantitative estimate of drug-likeness (QED) is 0.937. The number of carbonyl (C=O) groups is 1. The molecule has 2 aromatic rings. The van der Waals surface area contributed by atoms with Crippen molar-refractivity contribution in [1.29, 1.82) is 0 Å². The zero-order valence-electron chi connectivity index (χ0n) is 12.6. The van der Waals surface area contributed by atoms with Crippen LogP contribution in [0.1, 0.15) is 29.8 Å². The number of para-hydroxylation sites is 1. The Morgan fingerprint density at radius 2 is 2.14 bits per heavy atom. The van der Waals surface area contributed by atoms with Crippen LogP contribution in [-0.4, -0.2) is 36.4 Å². The van der Waals surface area contributed by atoms with Crippen LogP contribution < -0.4 is 5.32 Å². The predicted molar refractivity (Wildman–Crippen MR) is 85.6 cm³/mol.